The largest absolute Gasteiger partial charge is 0.383 e. The zero-order valence-electron chi connectivity index (χ0n) is 17.1. The Morgan fingerprint density at radius 2 is 1.26 bits per heavy atom. The fourth-order valence-corrected chi connectivity index (χ4v) is 4.65. The summed E-state index contributed by atoms with van der Waals surface area (Å²) in [7, 11) is 0. The highest BCUT2D eigenvalue weighted by Gasteiger charge is 2.18. The van der Waals surface area contributed by atoms with Crippen LogP contribution in [0.25, 0.3) is 0 Å². The van der Waals surface area contributed by atoms with E-state index in [1.165, 1.54) is 11.3 Å². The predicted molar refractivity (Wildman–Crippen MR) is 126 cm³/mol. The fourth-order valence-electron chi connectivity index (χ4n) is 3.68. The van der Waals surface area contributed by atoms with Gasteiger partial charge >= 0.3 is 0 Å². The van der Waals surface area contributed by atoms with Crippen molar-refractivity contribution < 1.29 is 9.90 Å². The highest BCUT2D eigenvalue weighted by Crippen LogP contribution is 2.29. The molecule has 4 heteroatoms. The van der Waals surface area contributed by atoms with Gasteiger partial charge in [-0.1, -0.05) is 91.0 Å². The van der Waals surface area contributed by atoms with Crippen LogP contribution in [0.3, 0.4) is 0 Å². The lowest BCUT2D eigenvalue weighted by molar-refractivity contribution is -0.121. The first-order valence-electron chi connectivity index (χ1n) is 10.4. The molecule has 0 spiro atoms. The molecule has 1 unspecified atom stereocenters. The Labute approximate surface area is 187 Å². The lowest BCUT2D eigenvalue weighted by atomic mass is 9.88. The van der Waals surface area contributed by atoms with Crippen LogP contribution in [0.2, 0.25) is 0 Å². The van der Waals surface area contributed by atoms with Crippen molar-refractivity contribution in [2.45, 2.75) is 25.0 Å². The molecule has 1 aromatic heterocycles. The van der Waals surface area contributed by atoms with E-state index in [2.05, 4.69) is 29.6 Å². The standard InChI is InChI=1S/C27H25NO2S/c29-26(18-24(20-10-4-1-5-11-20)21-12-6-2-7-13-21)28-19-23-16-17-25(31-23)27(30)22-14-8-3-9-15-22/h1-17,24,27,30H,18-19H2,(H,28,29). The lowest BCUT2D eigenvalue weighted by Gasteiger charge is -2.17. The van der Waals surface area contributed by atoms with Crippen molar-refractivity contribution in [3.8, 4) is 0 Å². The summed E-state index contributed by atoms with van der Waals surface area (Å²) >= 11 is 1.52. The minimum atomic E-state index is -0.642. The molecule has 1 heterocycles. The van der Waals surface area contributed by atoms with Crippen LogP contribution in [0.1, 0.15) is 44.9 Å². The van der Waals surface area contributed by atoms with Gasteiger partial charge in [0.1, 0.15) is 6.10 Å². The van der Waals surface area contributed by atoms with E-state index >= 15 is 0 Å². The molecule has 0 saturated carbocycles. The van der Waals surface area contributed by atoms with Gasteiger partial charge in [0.2, 0.25) is 5.91 Å². The number of hydrogen-bond acceptors (Lipinski definition) is 3. The van der Waals surface area contributed by atoms with Crippen molar-refractivity contribution in [2.75, 3.05) is 0 Å². The number of amides is 1. The van der Waals surface area contributed by atoms with Gasteiger partial charge in [-0.3, -0.25) is 4.79 Å². The molecule has 4 rings (SSSR count). The highest BCUT2D eigenvalue weighted by molar-refractivity contribution is 7.12. The Balaban J connectivity index is 1.40. The van der Waals surface area contributed by atoms with Gasteiger partial charge in [0.15, 0.2) is 0 Å². The zero-order valence-corrected chi connectivity index (χ0v) is 18.0. The van der Waals surface area contributed by atoms with Crippen LogP contribution in [0.4, 0.5) is 0 Å². The zero-order chi connectivity index (χ0) is 21.5. The number of carbonyl (C=O) groups excluding carboxylic acids is 1. The third-order valence-corrected chi connectivity index (χ3v) is 6.46. The van der Waals surface area contributed by atoms with Crippen molar-refractivity contribution in [1.29, 1.82) is 0 Å². The quantitative estimate of drug-likeness (QED) is 0.381. The molecular weight excluding hydrogens is 402 g/mol. The van der Waals surface area contributed by atoms with Gasteiger partial charge in [0.05, 0.1) is 6.54 Å². The first-order chi connectivity index (χ1) is 15.2. The minimum Gasteiger partial charge on any atom is -0.383 e. The average molecular weight is 428 g/mol. The van der Waals surface area contributed by atoms with Crippen molar-refractivity contribution in [3.63, 3.8) is 0 Å². The first-order valence-corrected chi connectivity index (χ1v) is 11.2. The molecule has 156 valence electrons. The third kappa shape index (κ3) is 5.48. The summed E-state index contributed by atoms with van der Waals surface area (Å²) in [5.41, 5.74) is 3.13. The number of hydrogen-bond donors (Lipinski definition) is 2. The van der Waals surface area contributed by atoms with Crippen molar-refractivity contribution >= 4 is 17.2 Å². The van der Waals surface area contributed by atoms with Gasteiger partial charge in [-0.2, -0.15) is 0 Å². The second kappa shape index (κ2) is 10.2. The van der Waals surface area contributed by atoms with Gasteiger partial charge in [0, 0.05) is 22.1 Å². The van der Waals surface area contributed by atoms with Gasteiger partial charge in [0.25, 0.3) is 0 Å². The Hall–Kier alpha value is -3.21. The number of rotatable bonds is 8. The van der Waals surface area contributed by atoms with E-state index < -0.39 is 6.10 Å². The fraction of sp³-hybridized carbons (Fsp3) is 0.148. The molecule has 2 N–H and O–H groups in total. The topological polar surface area (TPSA) is 49.3 Å². The molecule has 0 saturated heterocycles. The second-order valence-electron chi connectivity index (χ2n) is 7.47. The molecule has 1 atom stereocenters. The van der Waals surface area contributed by atoms with Crippen LogP contribution < -0.4 is 5.32 Å². The number of thiophene rings is 1. The van der Waals surface area contributed by atoms with Gasteiger partial charge < -0.3 is 10.4 Å². The van der Waals surface area contributed by atoms with E-state index in [9.17, 15) is 9.90 Å². The Kier molecular flexibility index (Phi) is 6.92. The minimum absolute atomic E-state index is 0.0104. The molecule has 1 amide bonds. The summed E-state index contributed by atoms with van der Waals surface area (Å²) in [6.45, 7) is 0.460. The van der Waals surface area contributed by atoms with Gasteiger partial charge in [-0.15, -0.1) is 11.3 Å². The number of nitrogens with one attached hydrogen (secondary N) is 1. The van der Waals surface area contributed by atoms with Crippen LogP contribution in [-0.2, 0) is 11.3 Å². The summed E-state index contributed by atoms with van der Waals surface area (Å²) in [5.74, 6) is 0.0254. The molecule has 0 fully saturated rings. The Bertz CT molecular complexity index is 1050. The first kappa shape index (κ1) is 21.0. The summed E-state index contributed by atoms with van der Waals surface area (Å²) < 4.78 is 0. The van der Waals surface area contributed by atoms with Crippen molar-refractivity contribution in [1.82, 2.24) is 5.32 Å². The monoisotopic (exact) mass is 427 g/mol. The second-order valence-corrected chi connectivity index (χ2v) is 8.67. The van der Waals surface area contributed by atoms with E-state index in [1.807, 2.05) is 78.9 Å². The smallest absolute Gasteiger partial charge is 0.221 e. The number of carbonyl (C=O) groups is 1. The third-order valence-electron chi connectivity index (χ3n) is 5.32. The molecule has 0 aliphatic carbocycles. The van der Waals surface area contributed by atoms with Crippen LogP contribution in [0, 0.1) is 0 Å². The van der Waals surface area contributed by atoms with Crippen LogP contribution >= 0.6 is 11.3 Å². The highest BCUT2D eigenvalue weighted by atomic mass is 32.1. The molecule has 4 aromatic rings. The average Bonchev–Trinajstić information content (AvgIpc) is 3.31. The molecule has 0 aliphatic rings. The van der Waals surface area contributed by atoms with Crippen LogP contribution in [0.15, 0.2) is 103 Å². The van der Waals surface area contributed by atoms with Crippen molar-refractivity contribution in [2.24, 2.45) is 0 Å². The summed E-state index contributed by atoms with van der Waals surface area (Å²) in [6.07, 6.45) is -0.255. The lowest BCUT2D eigenvalue weighted by Crippen LogP contribution is -2.24. The van der Waals surface area contributed by atoms with Crippen LogP contribution in [0.5, 0.6) is 0 Å². The van der Waals surface area contributed by atoms with E-state index in [0.717, 1.165) is 26.4 Å². The molecule has 3 aromatic carbocycles. The summed E-state index contributed by atoms with van der Waals surface area (Å²) in [5, 5.41) is 13.6. The van der Waals surface area contributed by atoms with Crippen molar-refractivity contribution in [3.05, 3.63) is 130 Å². The number of benzene rings is 3. The van der Waals surface area contributed by atoms with E-state index in [0.29, 0.717) is 13.0 Å². The van der Waals surface area contributed by atoms with Gasteiger partial charge in [-0.25, -0.2) is 0 Å². The SMILES string of the molecule is O=C(CC(c1ccccc1)c1ccccc1)NCc1ccc(C(O)c2ccccc2)s1. The molecule has 0 radical (unpaired) electrons. The Morgan fingerprint density at radius 3 is 1.81 bits per heavy atom. The molecular formula is C27H25NO2S. The van der Waals surface area contributed by atoms with E-state index in [-0.39, 0.29) is 11.8 Å². The predicted octanol–water partition coefficient (Wildman–Crippen LogP) is 5.67. The molecule has 3 nitrogen and oxygen atoms in total. The van der Waals surface area contributed by atoms with Crippen LogP contribution in [-0.4, -0.2) is 11.0 Å². The molecule has 0 aliphatic heterocycles. The molecule has 0 bridgehead atoms. The maximum absolute atomic E-state index is 12.8. The normalized spacial score (nSPS) is 11.9. The van der Waals surface area contributed by atoms with E-state index in [4.69, 9.17) is 0 Å². The van der Waals surface area contributed by atoms with Gasteiger partial charge in [-0.05, 0) is 28.8 Å². The number of aliphatic hydroxyl groups excluding tert-OH is 1. The summed E-state index contributed by atoms with van der Waals surface area (Å²) in [6, 6.07) is 33.8. The van der Waals surface area contributed by atoms with E-state index in [1.54, 1.807) is 0 Å². The maximum Gasteiger partial charge on any atom is 0.221 e. The molecule has 31 heavy (non-hydrogen) atoms. The maximum atomic E-state index is 12.8. The summed E-state index contributed by atoms with van der Waals surface area (Å²) in [4.78, 5) is 14.7. The number of aliphatic hydroxyl groups is 1. The Morgan fingerprint density at radius 1 is 0.742 bits per heavy atom.